The van der Waals surface area contributed by atoms with E-state index in [1.807, 2.05) is 12.3 Å². The van der Waals surface area contributed by atoms with Gasteiger partial charge in [-0.3, -0.25) is 0 Å². The van der Waals surface area contributed by atoms with E-state index in [1.165, 1.54) is 23.1 Å². The van der Waals surface area contributed by atoms with Gasteiger partial charge in [0.2, 0.25) is 0 Å². The molecule has 3 rings (SSSR count). The molecule has 0 amide bonds. The summed E-state index contributed by atoms with van der Waals surface area (Å²) in [7, 11) is 0. The first-order chi connectivity index (χ1) is 7.36. The van der Waals surface area contributed by atoms with Crippen LogP contribution in [0.3, 0.4) is 0 Å². The highest BCUT2D eigenvalue weighted by molar-refractivity contribution is 5.81. The molecule has 3 heteroatoms. The number of nitrogens with zero attached hydrogens (tertiary/aromatic N) is 1. The summed E-state index contributed by atoms with van der Waals surface area (Å²) in [6.07, 6.45) is 3.08. The zero-order valence-corrected chi connectivity index (χ0v) is 8.88. The van der Waals surface area contributed by atoms with Gasteiger partial charge in [0.05, 0.1) is 0 Å². The van der Waals surface area contributed by atoms with Crippen LogP contribution in [-0.2, 0) is 0 Å². The Labute approximate surface area is 88.9 Å². The molecular weight excluding hydrogens is 186 g/mol. The molecule has 3 heterocycles. The second kappa shape index (κ2) is 3.35. The van der Waals surface area contributed by atoms with Gasteiger partial charge in [0, 0.05) is 23.8 Å². The Hall–Kier alpha value is -1.35. The number of aromatic amines is 1. The average Bonchev–Trinajstić information content (AvgIpc) is 2.82. The second-order valence-electron chi connectivity index (χ2n) is 4.25. The zero-order valence-electron chi connectivity index (χ0n) is 8.88. The molecule has 1 fully saturated rings. The minimum absolute atomic E-state index is 0.656. The van der Waals surface area contributed by atoms with Crippen molar-refractivity contribution in [1.82, 2.24) is 15.3 Å². The van der Waals surface area contributed by atoms with Crippen molar-refractivity contribution >= 4 is 11.0 Å². The van der Waals surface area contributed by atoms with Crippen molar-refractivity contribution in [3.05, 3.63) is 29.6 Å². The van der Waals surface area contributed by atoms with Crippen LogP contribution in [0.5, 0.6) is 0 Å². The van der Waals surface area contributed by atoms with Crippen molar-refractivity contribution in [2.75, 3.05) is 13.1 Å². The smallest absolute Gasteiger partial charge is 0.137 e. The van der Waals surface area contributed by atoms with Crippen LogP contribution in [0.15, 0.2) is 18.3 Å². The minimum atomic E-state index is 0.656. The van der Waals surface area contributed by atoms with Gasteiger partial charge in [-0.05, 0) is 43.5 Å². The van der Waals surface area contributed by atoms with Crippen LogP contribution in [0.4, 0.5) is 0 Å². The van der Waals surface area contributed by atoms with Crippen molar-refractivity contribution in [1.29, 1.82) is 0 Å². The lowest BCUT2D eigenvalue weighted by molar-refractivity contribution is 0.763. The summed E-state index contributed by atoms with van der Waals surface area (Å²) in [6, 6.07) is 4.18. The number of fused-ring (bicyclic) bond motifs is 1. The molecule has 78 valence electrons. The predicted molar refractivity (Wildman–Crippen MR) is 61.1 cm³/mol. The van der Waals surface area contributed by atoms with Gasteiger partial charge in [-0.25, -0.2) is 4.98 Å². The van der Waals surface area contributed by atoms with Crippen LogP contribution in [0.2, 0.25) is 0 Å². The van der Waals surface area contributed by atoms with E-state index in [0.29, 0.717) is 5.92 Å². The normalized spacial score (nSPS) is 21.3. The molecule has 0 radical (unpaired) electrons. The lowest BCUT2D eigenvalue weighted by atomic mass is 9.96. The summed E-state index contributed by atoms with van der Waals surface area (Å²) < 4.78 is 0. The fourth-order valence-corrected chi connectivity index (χ4v) is 2.60. The zero-order chi connectivity index (χ0) is 10.3. The van der Waals surface area contributed by atoms with Gasteiger partial charge < -0.3 is 10.3 Å². The summed E-state index contributed by atoms with van der Waals surface area (Å²) in [6.45, 7) is 4.38. The van der Waals surface area contributed by atoms with Gasteiger partial charge in [-0.1, -0.05) is 0 Å². The SMILES string of the molecule is Cc1[nH]c2ncccc2c1C1CCNC1. The highest BCUT2D eigenvalue weighted by atomic mass is 14.9. The molecule has 1 aliphatic rings. The maximum atomic E-state index is 4.36. The largest absolute Gasteiger partial charge is 0.343 e. The third kappa shape index (κ3) is 1.35. The topological polar surface area (TPSA) is 40.7 Å². The third-order valence-electron chi connectivity index (χ3n) is 3.28. The molecule has 0 bridgehead atoms. The minimum Gasteiger partial charge on any atom is -0.343 e. The van der Waals surface area contributed by atoms with Crippen molar-refractivity contribution in [3.63, 3.8) is 0 Å². The molecule has 2 N–H and O–H groups in total. The van der Waals surface area contributed by atoms with E-state index in [2.05, 4.69) is 28.3 Å². The number of pyridine rings is 1. The van der Waals surface area contributed by atoms with Gasteiger partial charge in [0.15, 0.2) is 0 Å². The molecule has 1 unspecified atom stereocenters. The molecule has 1 aliphatic heterocycles. The van der Waals surface area contributed by atoms with Crippen molar-refractivity contribution < 1.29 is 0 Å². The lowest BCUT2D eigenvalue weighted by Crippen LogP contribution is -2.08. The van der Waals surface area contributed by atoms with Crippen molar-refractivity contribution in [3.8, 4) is 0 Å². The van der Waals surface area contributed by atoms with Crippen LogP contribution in [0, 0.1) is 6.92 Å². The van der Waals surface area contributed by atoms with E-state index in [1.54, 1.807) is 0 Å². The van der Waals surface area contributed by atoms with Gasteiger partial charge >= 0.3 is 0 Å². The maximum absolute atomic E-state index is 4.36. The molecule has 3 nitrogen and oxygen atoms in total. The first kappa shape index (κ1) is 8.92. The number of H-pyrrole nitrogens is 1. The highest BCUT2D eigenvalue weighted by Crippen LogP contribution is 2.31. The number of aromatic nitrogens is 2. The molecule has 0 aliphatic carbocycles. The van der Waals surface area contributed by atoms with E-state index in [9.17, 15) is 0 Å². The van der Waals surface area contributed by atoms with Crippen LogP contribution in [0.25, 0.3) is 11.0 Å². The van der Waals surface area contributed by atoms with Crippen LogP contribution in [0.1, 0.15) is 23.6 Å². The molecule has 0 saturated carbocycles. The van der Waals surface area contributed by atoms with Gasteiger partial charge in [0.1, 0.15) is 5.65 Å². The quantitative estimate of drug-likeness (QED) is 0.740. The van der Waals surface area contributed by atoms with E-state index >= 15 is 0 Å². The Morgan fingerprint density at radius 1 is 1.47 bits per heavy atom. The second-order valence-corrected chi connectivity index (χ2v) is 4.25. The summed E-state index contributed by atoms with van der Waals surface area (Å²) >= 11 is 0. The lowest BCUT2D eigenvalue weighted by Gasteiger charge is -2.08. The van der Waals surface area contributed by atoms with Crippen LogP contribution < -0.4 is 5.32 Å². The monoisotopic (exact) mass is 201 g/mol. The molecule has 1 saturated heterocycles. The summed E-state index contributed by atoms with van der Waals surface area (Å²) in [5, 5.41) is 4.71. The number of aryl methyl sites for hydroxylation is 1. The van der Waals surface area contributed by atoms with Gasteiger partial charge in [0.25, 0.3) is 0 Å². The summed E-state index contributed by atoms with van der Waals surface area (Å²) in [4.78, 5) is 7.72. The highest BCUT2D eigenvalue weighted by Gasteiger charge is 2.22. The fraction of sp³-hybridized carbons (Fsp3) is 0.417. The van der Waals surface area contributed by atoms with E-state index in [0.717, 1.165) is 18.7 Å². The number of hydrogen-bond donors (Lipinski definition) is 2. The fourth-order valence-electron chi connectivity index (χ4n) is 2.60. The molecular formula is C12H15N3. The maximum Gasteiger partial charge on any atom is 0.137 e. The number of hydrogen-bond acceptors (Lipinski definition) is 2. The van der Waals surface area contributed by atoms with Crippen molar-refractivity contribution in [2.24, 2.45) is 0 Å². The third-order valence-corrected chi connectivity index (χ3v) is 3.28. The van der Waals surface area contributed by atoms with Crippen LogP contribution >= 0.6 is 0 Å². The average molecular weight is 201 g/mol. The molecule has 0 aromatic carbocycles. The Morgan fingerprint density at radius 3 is 3.20 bits per heavy atom. The van der Waals surface area contributed by atoms with E-state index in [-0.39, 0.29) is 0 Å². The standard InChI is InChI=1S/C12H15N3/c1-8-11(9-4-6-13-7-9)10-3-2-5-14-12(10)15-8/h2-3,5,9,13H,4,6-7H2,1H3,(H,14,15). The Kier molecular flexibility index (Phi) is 1.99. The Bertz CT molecular complexity index is 481. The summed E-state index contributed by atoms with van der Waals surface area (Å²) in [5.41, 5.74) is 3.76. The van der Waals surface area contributed by atoms with Crippen molar-refractivity contribution in [2.45, 2.75) is 19.3 Å². The molecule has 2 aromatic heterocycles. The Balaban J connectivity index is 2.19. The molecule has 15 heavy (non-hydrogen) atoms. The Morgan fingerprint density at radius 2 is 2.40 bits per heavy atom. The first-order valence-electron chi connectivity index (χ1n) is 5.50. The molecule has 0 spiro atoms. The first-order valence-corrected chi connectivity index (χ1v) is 5.50. The number of nitrogens with one attached hydrogen (secondary N) is 2. The van der Waals surface area contributed by atoms with Gasteiger partial charge in [-0.2, -0.15) is 0 Å². The predicted octanol–water partition coefficient (Wildman–Crippen LogP) is 1.95. The van der Waals surface area contributed by atoms with E-state index in [4.69, 9.17) is 0 Å². The molecule has 1 atom stereocenters. The van der Waals surface area contributed by atoms with Gasteiger partial charge in [-0.15, -0.1) is 0 Å². The molecule has 2 aromatic rings. The number of rotatable bonds is 1. The summed E-state index contributed by atoms with van der Waals surface area (Å²) in [5.74, 6) is 0.656. The van der Waals surface area contributed by atoms with Crippen LogP contribution in [-0.4, -0.2) is 23.1 Å². The van der Waals surface area contributed by atoms with E-state index < -0.39 is 0 Å².